The number of hydrogen-bond acceptors (Lipinski definition) is 3. The fraction of sp³-hybridized carbons (Fsp3) is 0.182. The highest BCUT2D eigenvalue weighted by molar-refractivity contribution is 6.16. The number of alkyl halides is 1. The van der Waals surface area contributed by atoms with E-state index in [-0.39, 0.29) is 5.82 Å². The van der Waals surface area contributed by atoms with Crippen LogP contribution in [0.15, 0.2) is 34.9 Å². The molecular weight excluding hydrogens is 231 g/mol. The lowest BCUT2D eigenvalue weighted by molar-refractivity contribution is 0.560. The van der Waals surface area contributed by atoms with Gasteiger partial charge in [-0.3, -0.25) is 4.90 Å². The lowest BCUT2D eigenvalue weighted by atomic mass is 10.3. The highest BCUT2D eigenvalue weighted by Gasteiger charge is 2.10. The second-order valence-corrected chi connectivity index (χ2v) is 3.56. The molecule has 0 saturated heterocycles. The van der Waals surface area contributed by atoms with E-state index in [1.807, 2.05) is 0 Å². The Morgan fingerprint density at radius 1 is 1.38 bits per heavy atom. The normalized spacial score (nSPS) is 10.4. The van der Waals surface area contributed by atoms with Crippen molar-refractivity contribution >= 4 is 23.3 Å². The Balaban J connectivity index is 2.24. The van der Waals surface area contributed by atoms with Crippen molar-refractivity contribution in [3.05, 3.63) is 42.0 Å². The first kappa shape index (κ1) is 11.0. The number of nitrogens with zero attached hydrogens (tertiary/aromatic N) is 2. The molecule has 0 aliphatic heterocycles. The van der Waals surface area contributed by atoms with Gasteiger partial charge in [0.15, 0.2) is 0 Å². The third-order valence-electron chi connectivity index (χ3n) is 2.18. The summed E-state index contributed by atoms with van der Waals surface area (Å²) in [6, 6.07) is 6.51. The highest BCUT2D eigenvalue weighted by atomic mass is 35.5. The van der Waals surface area contributed by atoms with Gasteiger partial charge in [0.25, 0.3) is 0 Å². The topological polar surface area (TPSA) is 29.3 Å². The summed E-state index contributed by atoms with van der Waals surface area (Å²) in [4.78, 5) is 5.88. The standard InChI is InChI=1S/C11H10ClFN2O/c1-15(10-4-2-8(13)3-5-10)11-14-9(6-12)7-16-11/h2-5,7H,6H2,1H3. The fourth-order valence-electron chi connectivity index (χ4n) is 1.29. The van der Waals surface area contributed by atoms with Crippen LogP contribution in [0.4, 0.5) is 16.1 Å². The zero-order chi connectivity index (χ0) is 11.5. The van der Waals surface area contributed by atoms with E-state index in [1.165, 1.54) is 18.4 Å². The summed E-state index contributed by atoms with van der Waals surface area (Å²) >= 11 is 5.62. The lowest BCUT2D eigenvalue weighted by Gasteiger charge is -2.13. The SMILES string of the molecule is CN(c1ccc(F)cc1)c1nc(CCl)co1. The molecule has 5 heteroatoms. The Morgan fingerprint density at radius 3 is 2.62 bits per heavy atom. The Kier molecular flexibility index (Phi) is 3.10. The van der Waals surface area contributed by atoms with E-state index in [1.54, 1.807) is 24.1 Å². The van der Waals surface area contributed by atoms with Crippen LogP contribution in [0.25, 0.3) is 0 Å². The molecule has 0 N–H and O–H groups in total. The second kappa shape index (κ2) is 4.53. The van der Waals surface area contributed by atoms with Gasteiger partial charge in [-0.25, -0.2) is 4.39 Å². The minimum atomic E-state index is -0.272. The van der Waals surface area contributed by atoms with Crippen LogP contribution < -0.4 is 4.90 Å². The van der Waals surface area contributed by atoms with Gasteiger partial charge in [-0.15, -0.1) is 11.6 Å². The molecule has 0 fully saturated rings. The van der Waals surface area contributed by atoms with Crippen LogP contribution in [0, 0.1) is 5.82 Å². The molecule has 1 heterocycles. The number of halogens is 2. The van der Waals surface area contributed by atoms with Crippen molar-refractivity contribution in [3.8, 4) is 0 Å². The summed E-state index contributed by atoms with van der Waals surface area (Å²) < 4.78 is 18.0. The van der Waals surface area contributed by atoms with Crippen LogP contribution in [0.5, 0.6) is 0 Å². The van der Waals surface area contributed by atoms with Gasteiger partial charge in [0, 0.05) is 12.7 Å². The molecule has 0 amide bonds. The van der Waals surface area contributed by atoms with Crippen LogP contribution in [0.1, 0.15) is 5.69 Å². The number of hydrogen-bond donors (Lipinski definition) is 0. The molecule has 16 heavy (non-hydrogen) atoms. The number of aromatic nitrogens is 1. The van der Waals surface area contributed by atoms with Gasteiger partial charge in [0.05, 0.1) is 11.6 Å². The van der Waals surface area contributed by atoms with Crippen molar-refractivity contribution in [2.75, 3.05) is 11.9 Å². The third-order valence-corrected chi connectivity index (χ3v) is 2.45. The Labute approximate surface area is 97.5 Å². The van der Waals surface area contributed by atoms with Crippen molar-refractivity contribution in [3.63, 3.8) is 0 Å². The van der Waals surface area contributed by atoms with E-state index < -0.39 is 0 Å². The maximum Gasteiger partial charge on any atom is 0.301 e. The highest BCUT2D eigenvalue weighted by Crippen LogP contribution is 2.23. The maximum atomic E-state index is 12.7. The summed E-state index contributed by atoms with van der Waals surface area (Å²) in [6.07, 6.45) is 1.50. The summed E-state index contributed by atoms with van der Waals surface area (Å²) in [5, 5.41) is 0. The number of benzene rings is 1. The van der Waals surface area contributed by atoms with E-state index in [2.05, 4.69) is 4.98 Å². The summed E-state index contributed by atoms with van der Waals surface area (Å²) in [5.41, 5.74) is 1.47. The monoisotopic (exact) mass is 240 g/mol. The van der Waals surface area contributed by atoms with E-state index in [4.69, 9.17) is 16.0 Å². The van der Waals surface area contributed by atoms with Crippen LogP contribution in [0.2, 0.25) is 0 Å². The van der Waals surface area contributed by atoms with Gasteiger partial charge in [-0.1, -0.05) is 0 Å². The van der Waals surface area contributed by atoms with Crippen molar-refractivity contribution in [1.82, 2.24) is 4.98 Å². The molecule has 0 spiro atoms. The van der Waals surface area contributed by atoms with Crippen LogP contribution in [0.3, 0.4) is 0 Å². The van der Waals surface area contributed by atoms with Crippen LogP contribution in [-0.2, 0) is 5.88 Å². The van der Waals surface area contributed by atoms with E-state index in [0.29, 0.717) is 17.6 Å². The summed E-state index contributed by atoms with van der Waals surface area (Å²) in [6.45, 7) is 0. The second-order valence-electron chi connectivity index (χ2n) is 3.29. The average molecular weight is 241 g/mol. The molecular formula is C11H10ClFN2O. The molecule has 0 atom stereocenters. The predicted molar refractivity (Wildman–Crippen MR) is 60.5 cm³/mol. The number of oxazole rings is 1. The quantitative estimate of drug-likeness (QED) is 0.771. The van der Waals surface area contributed by atoms with Gasteiger partial charge in [0.2, 0.25) is 0 Å². The fourth-order valence-corrected chi connectivity index (χ4v) is 1.41. The molecule has 0 aliphatic carbocycles. The molecule has 0 radical (unpaired) electrons. The molecule has 0 bridgehead atoms. The predicted octanol–water partition coefficient (Wildman–Crippen LogP) is 3.32. The van der Waals surface area contributed by atoms with E-state index >= 15 is 0 Å². The third kappa shape index (κ3) is 2.17. The smallest absolute Gasteiger partial charge is 0.301 e. The molecule has 3 nitrogen and oxygen atoms in total. The zero-order valence-electron chi connectivity index (χ0n) is 8.65. The van der Waals surface area contributed by atoms with E-state index in [0.717, 1.165) is 5.69 Å². The molecule has 1 aromatic heterocycles. The van der Waals surface area contributed by atoms with Gasteiger partial charge in [-0.05, 0) is 24.3 Å². The van der Waals surface area contributed by atoms with Gasteiger partial charge in [-0.2, -0.15) is 4.98 Å². The van der Waals surface area contributed by atoms with Crippen LogP contribution >= 0.6 is 11.6 Å². The van der Waals surface area contributed by atoms with Crippen molar-refractivity contribution in [2.24, 2.45) is 0 Å². The Morgan fingerprint density at radius 2 is 2.06 bits per heavy atom. The molecule has 0 aliphatic rings. The van der Waals surface area contributed by atoms with E-state index in [9.17, 15) is 4.39 Å². The molecule has 2 aromatic rings. The molecule has 2 rings (SSSR count). The largest absolute Gasteiger partial charge is 0.431 e. The van der Waals surface area contributed by atoms with Gasteiger partial charge < -0.3 is 4.42 Å². The van der Waals surface area contributed by atoms with Crippen molar-refractivity contribution in [1.29, 1.82) is 0 Å². The Bertz CT molecular complexity index is 469. The number of rotatable bonds is 3. The molecule has 0 saturated carbocycles. The summed E-state index contributed by atoms with van der Waals surface area (Å²) in [5.74, 6) is 0.0341. The molecule has 1 aromatic carbocycles. The first-order valence-corrected chi connectivity index (χ1v) is 5.24. The lowest BCUT2D eigenvalue weighted by Crippen LogP contribution is -2.09. The molecule has 0 unspecified atom stereocenters. The minimum Gasteiger partial charge on any atom is -0.431 e. The average Bonchev–Trinajstić information content (AvgIpc) is 2.77. The van der Waals surface area contributed by atoms with Crippen LogP contribution in [-0.4, -0.2) is 12.0 Å². The minimum absolute atomic E-state index is 0.272. The Hall–Kier alpha value is -1.55. The number of anilines is 2. The van der Waals surface area contributed by atoms with Crippen molar-refractivity contribution < 1.29 is 8.81 Å². The summed E-state index contributed by atoms with van der Waals surface area (Å²) in [7, 11) is 1.79. The van der Waals surface area contributed by atoms with Gasteiger partial charge >= 0.3 is 6.01 Å². The first-order valence-electron chi connectivity index (χ1n) is 4.70. The van der Waals surface area contributed by atoms with Crippen molar-refractivity contribution in [2.45, 2.75) is 5.88 Å². The van der Waals surface area contributed by atoms with Gasteiger partial charge in [0.1, 0.15) is 12.1 Å². The maximum absolute atomic E-state index is 12.7. The first-order chi connectivity index (χ1) is 7.70. The molecule has 84 valence electrons. The zero-order valence-corrected chi connectivity index (χ0v) is 9.41.